The van der Waals surface area contributed by atoms with E-state index in [0.717, 1.165) is 27.7 Å². The molecule has 3 aromatic carbocycles. The molecule has 1 heterocycles. The number of carbonyl (C=O) groups is 1. The van der Waals surface area contributed by atoms with E-state index < -0.39 is 0 Å². The van der Waals surface area contributed by atoms with Crippen LogP contribution in [0, 0.1) is 6.92 Å². The highest BCUT2D eigenvalue weighted by atomic mass is 16.5. The summed E-state index contributed by atoms with van der Waals surface area (Å²) < 4.78 is 10.8. The van der Waals surface area contributed by atoms with E-state index in [9.17, 15) is 4.79 Å². The van der Waals surface area contributed by atoms with Crippen molar-refractivity contribution in [3.63, 3.8) is 0 Å². The molecule has 0 aliphatic carbocycles. The number of aromatic nitrogens is 2. The SMILES string of the molecule is COc1cc2ncnc(NCc3cccc(NC(=O)Nc4cccc(C)c4)c3)c2cc1OC. The molecule has 0 aliphatic heterocycles. The van der Waals surface area contributed by atoms with Crippen molar-refractivity contribution in [2.24, 2.45) is 0 Å². The summed E-state index contributed by atoms with van der Waals surface area (Å²) >= 11 is 0. The van der Waals surface area contributed by atoms with Crippen LogP contribution in [-0.4, -0.2) is 30.2 Å². The number of nitrogens with zero attached hydrogens (tertiary/aromatic N) is 2. The van der Waals surface area contributed by atoms with Crippen molar-refractivity contribution in [2.75, 3.05) is 30.2 Å². The van der Waals surface area contributed by atoms with Gasteiger partial charge in [0.25, 0.3) is 0 Å². The second-order valence-corrected chi connectivity index (χ2v) is 7.45. The first kappa shape index (κ1) is 21.9. The fraction of sp³-hybridized carbons (Fsp3) is 0.160. The van der Waals surface area contributed by atoms with E-state index in [1.807, 2.05) is 67.6 Å². The number of nitrogens with one attached hydrogen (secondary N) is 3. The van der Waals surface area contributed by atoms with Gasteiger partial charge in [-0.15, -0.1) is 0 Å². The van der Waals surface area contributed by atoms with Gasteiger partial charge in [-0.1, -0.05) is 24.3 Å². The Kier molecular flexibility index (Phi) is 6.54. The number of fused-ring (bicyclic) bond motifs is 1. The smallest absolute Gasteiger partial charge is 0.323 e. The van der Waals surface area contributed by atoms with E-state index in [1.54, 1.807) is 14.2 Å². The molecule has 0 atom stereocenters. The highest BCUT2D eigenvalue weighted by Crippen LogP contribution is 2.33. The Hall–Kier alpha value is -4.33. The van der Waals surface area contributed by atoms with E-state index in [1.165, 1.54) is 6.33 Å². The molecule has 4 aromatic rings. The number of rotatable bonds is 7. The Morgan fingerprint density at radius 2 is 1.58 bits per heavy atom. The van der Waals surface area contributed by atoms with Crippen LogP contribution in [-0.2, 0) is 6.54 Å². The molecule has 0 aliphatic rings. The highest BCUT2D eigenvalue weighted by molar-refractivity contribution is 5.99. The van der Waals surface area contributed by atoms with Gasteiger partial charge in [0.1, 0.15) is 12.1 Å². The number of carbonyl (C=O) groups excluding carboxylic acids is 1. The molecule has 8 nitrogen and oxygen atoms in total. The lowest BCUT2D eigenvalue weighted by atomic mass is 10.1. The van der Waals surface area contributed by atoms with Gasteiger partial charge in [-0.3, -0.25) is 0 Å². The summed E-state index contributed by atoms with van der Waals surface area (Å²) in [5, 5.41) is 9.88. The molecule has 33 heavy (non-hydrogen) atoms. The lowest BCUT2D eigenvalue weighted by Crippen LogP contribution is -2.19. The third-order valence-corrected chi connectivity index (χ3v) is 5.06. The van der Waals surface area contributed by atoms with Crippen LogP contribution in [0.15, 0.2) is 67.0 Å². The predicted octanol–water partition coefficient (Wildman–Crippen LogP) is 5.21. The maximum absolute atomic E-state index is 12.4. The van der Waals surface area contributed by atoms with Gasteiger partial charge in [0.05, 0.1) is 19.7 Å². The third-order valence-electron chi connectivity index (χ3n) is 5.06. The van der Waals surface area contributed by atoms with Crippen LogP contribution in [0.3, 0.4) is 0 Å². The summed E-state index contributed by atoms with van der Waals surface area (Å²) in [5.41, 5.74) is 4.24. The molecule has 0 bridgehead atoms. The first-order valence-corrected chi connectivity index (χ1v) is 10.4. The summed E-state index contributed by atoms with van der Waals surface area (Å²) in [5.74, 6) is 1.89. The van der Waals surface area contributed by atoms with E-state index in [0.29, 0.717) is 29.5 Å². The monoisotopic (exact) mass is 443 g/mol. The maximum atomic E-state index is 12.4. The second-order valence-electron chi connectivity index (χ2n) is 7.45. The fourth-order valence-electron chi connectivity index (χ4n) is 3.49. The molecule has 0 fully saturated rings. The number of ether oxygens (including phenoxy) is 2. The highest BCUT2D eigenvalue weighted by Gasteiger charge is 2.11. The van der Waals surface area contributed by atoms with Gasteiger partial charge >= 0.3 is 6.03 Å². The molecule has 8 heteroatoms. The maximum Gasteiger partial charge on any atom is 0.323 e. The summed E-state index contributed by atoms with van der Waals surface area (Å²) in [6.07, 6.45) is 1.50. The molecule has 0 saturated carbocycles. The quantitative estimate of drug-likeness (QED) is 0.363. The van der Waals surface area contributed by atoms with Gasteiger partial charge in [-0.05, 0) is 48.4 Å². The Bertz CT molecular complexity index is 1290. The van der Waals surface area contributed by atoms with E-state index in [2.05, 4.69) is 25.9 Å². The molecule has 168 valence electrons. The van der Waals surface area contributed by atoms with Crippen molar-refractivity contribution in [3.8, 4) is 11.5 Å². The normalized spacial score (nSPS) is 10.5. The van der Waals surface area contributed by atoms with Crippen molar-refractivity contribution in [2.45, 2.75) is 13.5 Å². The average Bonchev–Trinajstić information content (AvgIpc) is 2.82. The van der Waals surface area contributed by atoms with Crippen molar-refractivity contribution in [3.05, 3.63) is 78.1 Å². The van der Waals surface area contributed by atoms with Crippen LogP contribution >= 0.6 is 0 Å². The van der Waals surface area contributed by atoms with Gasteiger partial charge in [0.2, 0.25) is 0 Å². The first-order chi connectivity index (χ1) is 16.1. The van der Waals surface area contributed by atoms with E-state index in [-0.39, 0.29) is 6.03 Å². The number of urea groups is 1. The predicted molar refractivity (Wildman–Crippen MR) is 130 cm³/mol. The van der Waals surface area contributed by atoms with Crippen LogP contribution in [0.4, 0.5) is 22.0 Å². The second kappa shape index (κ2) is 9.86. The molecule has 2 amide bonds. The number of hydrogen-bond donors (Lipinski definition) is 3. The van der Waals surface area contributed by atoms with Gasteiger partial charge in [0.15, 0.2) is 11.5 Å². The number of aryl methyl sites for hydroxylation is 1. The minimum atomic E-state index is -0.298. The van der Waals surface area contributed by atoms with Crippen LogP contribution in [0.1, 0.15) is 11.1 Å². The lowest BCUT2D eigenvalue weighted by molar-refractivity contribution is 0.262. The summed E-state index contributed by atoms with van der Waals surface area (Å²) in [6.45, 7) is 2.49. The molecular formula is C25H25N5O3. The number of amides is 2. The molecular weight excluding hydrogens is 418 g/mol. The molecule has 0 radical (unpaired) electrons. The van der Waals surface area contributed by atoms with Crippen LogP contribution < -0.4 is 25.4 Å². The van der Waals surface area contributed by atoms with Crippen LogP contribution in [0.25, 0.3) is 10.9 Å². The topological polar surface area (TPSA) is 97.4 Å². The largest absolute Gasteiger partial charge is 0.493 e. The zero-order valence-electron chi connectivity index (χ0n) is 18.7. The summed E-state index contributed by atoms with van der Waals surface area (Å²) in [6, 6.07) is 18.6. The summed E-state index contributed by atoms with van der Waals surface area (Å²) in [7, 11) is 3.18. The Labute approximate surface area is 192 Å². The molecule has 0 spiro atoms. The molecule has 4 rings (SSSR count). The Morgan fingerprint density at radius 1 is 0.879 bits per heavy atom. The van der Waals surface area contributed by atoms with Gasteiger partial charge in [0, 0.05) is 29.4 Å². The van der Waals surface area contributed by atoms with Crippen LogP contribution in [0.2, 0.25) is 0 Å². The fourth-order valence-corrected chi connectivity index (χ4v) is 3.49. The number of methoxy groups -OCH3 is 2. The first-order valence-electron chi connectivity index (χ1n) is 10.4. The van der Waals surface area contributed by atoms with Crippen molar-refractivity contribution < 1.29 is 14.3 Å². The van der Waals surface area contributed by atoms with Crippen molar-refractivity contribution in [1.29, 1.82) is 0 Å². The minimum absolute atomic E-state index is 0.298. The number of benzene rings is 3. The molecule has 3 N–H and O–H groups in total. The Balaban J connectivity index is 1.46. The Morgan fingerprint density at radius 3 is 2.30 bits per heavy atom. The zero-order chi connectivity index (χ0) is 23.2. The molecule has 0 saturated heterocycles. The number of hydrogen-bond acceptors (Lipinski definition) is 6. The minimum Gasteiger partial charge on any atom is -0.493 e. The zero-order valence-corrected chi connectivity index (χ0v) is 18.7. The lowest BCUT2D eigenvalue weighted by Gasteiger charge is -2.13. The number of anilines is 3. The van der Waals surface area contributed by atoms with E-state index in [4.69, 9.17) is 9.47 Å². The average molecular weight is 444 g/mol. The van der Waals surface area contributed by atoms with Gasteiger partial charge in [-0.25, -0.2) is 14.8 Å². The molecule has 1 aromatic heterocycles. The van der Waals surface area contributed by atoms with E-state index >= 15 is 0 Å². The summed E-state index contributed by atoms with van der Waals surface area (Å²) in [4.78, 5) is 21.1. The van der Waals surface area contributed by atoms with Crippen molar-refractivity contribution >= 4 is 34.1 Å². The van der Waals surface area contributed by atoms with Crippen molar-refractivity contribution in [1.82, 2.24) is 9.97 Å². The van der Waals surface area contributed by atoms with Gasteiger partial charge in [-0.2, -0.15) is 0 Å². The third kappa shape index (κ3) is 5.30. The molecule has 0 unspecified atom stereocenters. The van der Waals surface area contributed by atoms with Crippen LogP contribution in [0.5, 0.6) is 11.5 Å². The van der Waals surface area contributed by atoms with Gasteiger partial charge < -0.3 is 25.4 Å². The standard InChI is InChI=1S/C25H25N5O3/c1-16-6-4-8-18(10-16)29-25(31)30-19-9-5-7-17(11-19)14-26-24-20-12-22(32-2)23(33-3)13-21(20)27-15-28-24/h4-13,15H,14H2,1-3H3,(H,26,27,28)(H2,29,30,31).